The summed E-state index contributed by atoms with van der Waals surface area (Å²) in [6.07, 6.45) is 8.47. The zero-order chi connectivity index (χ0) is 22.1. The van der Waals surface area contributed by atoms with Crippen LogP contribution in [-0.4, -0.2) is 49.3 Å². The number of amides is 1. The minimum atomic E-state index is -0.686. The number of piperidine rings is 1. The lowest BCUT2D eigenvalue weighted by atomic mass is 9.78. The van der Waals surface area contributed by atoms with E-state index in [1.165, 1.54) is 32.4 Å². The van der Waals surface area contributed by atoms with E-state index < -0.39 is 5.60 Å². The van der Waals surface area contributed by atoms with Crippen LogP contribution in [0.25, 0.3) is 0 Å². The maximum absolute atomic E-state index is 13.1. The second-order valence-electron chi connectivity index (χ2n) is 9.77. The lowest BCUT2D eigenvalue weighted by Gasteiger charge is -2.38. The van der Waals surface area contributed by atoms with Gasteiger partial charge >= 0.3 is 0 Å². The molecule has 5 heteroatoms. The number of carbonyl (C=O) groups excluding carboxylic acids is 1. The zero-order valence-electron chi connectivity index (χ0n) is 19.8. The quantitative estimate of drug-likeness (QED) is 0.498. The highest BCUT2D eigenvalue weighted by molar-refractivity contribution is 5.97. The number of carbonyl (C=O) groups is 1. The van der Waals surface area contributed by atoms with Gasteiger partial charge in [0.05, 0.1) is 6.61 Å². The molecular formula is C26H42N2O3. The van der Waals surface area contributed by atoms with Crippen LogP contribution in [0.4, 0.5) is 5.69 Å². The van der Waals surface area contributed by atoms with E-state index in [1.807, 2.05) is 24.3 Å². The Morgan fingerprint density at radius 3 is 2.61 bits per heavy atom. The summed E-state index contributed by atoms with van der Waals surface area (Å²) in [5, 5.41) is 3.10. The average molecular weight is 431 g/mol. The lowest BCUT2D eigenvalue weighted by molar-refractivity contribution is -0.148. The number of ether oxygens (including phenoxy) is 2. The van der Waals surface area contributed by atoms with Gasteiger partial charge < -0.3 is 19.7 Å². The Morgan fingerprint density at radius 2 is 1.90 bits per heavy atom. The molecule has 1 heterocycles. The van der Waals surface area contributed by atoms with Crippen molar-refractivity contribution >= 4 is 11.6 Å². The molecule has 1 aromatic rings. The van der Waals surface area contributed by atoms with Crippen LogP contribution in [0.3, 0.4) is 0 Å². The molecule has 2 aliphatic rings. The van der Waals surface area contributed by atoms with Crippen molar-refractivity contribution in [1.29, 1.82) is 0 Å². The van der Waals surface area contributed by atoms with E-state index in [-0.39, 0.29) is 5.91 Å². The van der Waals surface area contributed by atoms with Gasteiger partial charge in [-0.3, -0.25) is 4.79 Å². The monoisotopic (exact) mass is 430 g/mol. The van der Waals surface area contributed by atoms with Gasteiger partial charge in [0.2, 0.25) is 0 Å². The third-order valence-corrected chi connectivity index (χ3v) is 6.69. The molecule has 1 N–H and O–H groups in total. The molecule has 1 aliphatic heterocycles. The number of benzene rings is 1. The number of likely N-dealkylation sites (tertiary alicyclic amines) is 1. The first-order valence-electron chi connectivity index (χ1n) is 12.4. The summed E-state index contributed by atoms with van der Waals surface area (Å²) in [6, 6.07) is 7.75. The van der Waals surface area contributed by atoms with E-state index >= 15 is 0 Å². The van der Waals surface area contributed by atoms with Gasteiger partial charge in [-0.25, -0.2) is 0 Å². The fourth-order valence-electron chi connectivity index (χ4n) is 5.05. The van der Waals surface area contributed by atoms with Crippen molar-refractivity contribution in [2.24, 2.45) is 11.8 Å². The Balaban J connectivity index is 1.46. The molecule has 3 rings (SSSR count). The minimum absolute atomic E-state index is 0.00284. The second kappa shape index (κ2) is 11.9. The van der Waals surface area contributed by atoms with Crippen molar-refractivity contribution < 1.29 is 14.3 Å². The van der Waals surface area contributed by atoms with Crippen LogP contribution < -0.4 is 10.1 Å². The fourth-order valence-corrected chi connectivity index (χ4v) is 5.05. The third-order valence-electron chi connectivity index (χ3n) is 6.69. The van der Waals surface area contributed by atoms with Gasteiger partial charge in [-0.05, 0) is 87.6 Å². The minimum Gasteiger partial charge on any atom is -0.494 e. The van der Waals surface area contributed by atoms with Crippen molar-refractivity contribution in [2.75, 3.05) is 38.2 Å². The molecule has 1 aliphatic carbocycles. The van der Waals surface area contributed by atoms with Crippen molar-refractivity contribution in [3.05, 3.63) is 24.3 Å². The molecule has 31 heavy (non-hydrogen) atoms. The highest BCUT2D eigenvalue weighted by Crippen LogP contribution is 2.36. The number of hydrogen-bond acceptors (Lipinski definition) is 4. The maximum atomic E-state index is 13.1. The molecule has 3 atom stereocenters. The van der Waals surface area contributed by atoms with Crippen molar-refractivity contribution in [1.82, 2.24) is 4.90 Å². The Kier molecular flexibility index (Phi) is 9.21. The molecule has 174 valence electrons. The molecule has 2 fully saturated rings. The number of anilines is 1. The van der Waals surface area contributed by atoms with E-state index in [1.54, 1.807) is 0 Å². The van der Waals surface area contributed by atoms with Crippen LogP contribution in [0.15, 0.2) is 24.3 Å². The molecule has 0 radical (unpaired) electrons. The van der Waals surface area contributed by atoms with Crippen LogP contribution in [0.5, 0.6) is 5.75 Å². The Bertz CT molecular complexity index is 678. The molecule has 0 spiro atoms. The molecule has 5 nitrogen and oxygen atoms in total. The molecule has 1 saturated carbocycles. The van der Waals surface area contributed by atoms with E-state index in [0.717, 1.165) is 62.6 Å². The predicted molar refractivity (Wildman–Crippen MR) is 127 cm³/mol. The van der Waals surface area contributed by atoms with Gasteiger partial charge in [-0.2, -0.15) is 0 Å². The van der Waals surface area contributed by atoms with Gasteiger partial charge in [0.1, 0.15) is 11.4 Å². The number of nitrogens with zero attached hydrogens (tertiary/aromatic N) is 1. The molecule has 1 amide bonds. The Morgan fingerprint density at radius 1 is 1.13 bits per heavy atom. The summed E-state index contributed by atoms with van der Waals surface area (Å²) in [7, 11) is 0. The predicted octanol–water partition coefficient (Wildman–Crippen LogP) is 5.50. The van der Waals surface area contributed by atoms with Crippen LogP contribution in [0, 0.1) is 11.8 Å². The number of nitrogens with one attached hydrogen (secondary N) is 1. The van der Waals surface area contributed by atoms with Gasteiger partial charge in [0.15, 0.2) is 0 Å². The van der Waals surface area contributed by atoms with E-state index in [0.29, 0.717) is 12.5 Å². The molecule has 1 aromatic carbocycles. The third kappa shape index (κ3) is 7.21. The topological polar surface area (TPSA) is 50.8 Å². The summed E-state index contributed by atoms with van der Waals surface area (Å²) in [5.74, 6) is 2.19. The van der Waals surface area contributed by atoms with E-state index in [4.69, 9.17) is 9.47 Å². The van der Waals surface area contributed by atoms with Crippen molar-refractivity contribution in [3.63, 3.8) is 0 Å². The normalized spacial score (nSPS) is 27.1. The molecule has 1 saturated heterocycles. The van der Waals surface area contributed by atoms with Crippen molar-refractivity contribution in [2.45, 2.75) is 77.7 Å². The van der Waals surface area contributed by atoms with Gasteiger partial charge in [0.25, 0.3) is 5.91 Å². The number of rotatable bonds is 10. The number of hydrogen-bond donors (Lipinski definition) is 1. The zero-order valence-corrected chi connectivity index (χ0v) is 19.8. The standard InChI is InChI=1S/C26H42N2O3/c1-4-17-31-26(14-5-8-21(2)19-26)25(29)27-23-10-12-24(13-11-23)30-18-7-16-28-15-6-9-22(3)20-28/h10-13,21-22H,4-9,14-20H2,1-3H3,(H,27,29)/t21-,22-,26+/m0/s1. The molecule has 0 unspecified atom stereocenters. The van der Waals surface area contributed by atoms with E-state index in [9.17, 15) is 4.79 Å². The summed E-state index contributed by atoms with van der Waals surface area (Å²) < 4.78 is 12.1. The fraction of sp³-hybridized carbons (Fsp3) is 0.731. The Hall–Kier alpha value is -1.59. The van der Waals surface area contributed by atoms with Crippen molar-refractivity contribution in [3.8, 4) is 5.75 Å². The smallest absolute Gasteiger partial charge is 0.256 e. The molecule has 0 aromatic heterocycles. The highest BCUT2D eigenvalue weighted by atomic mass is 16.5. The van der Waals surface area contributed by atoms with Gasteiger partial charge in [-0.15, -0.1) is 0 Å². The first kappa shape index (κ1) is 24.1. The average Bonchev–Trinajstić information content (AvgIpc) is 2.76. The summed E-state index contributed by atoms with van der Waals surface area (Å²) in [4.78, 5) is 15.7. The highest BCUT2D eigenvalue weighted by Gasteiger charge is 2.42. The van der Waals surface area contributed by atoms with Crippen LogP contribution in [0.1, 0.15) is 72.1 Å². The van der Waals surface area contributed by atoms with Gasteiger partial charge in [-0.1, -0.05) is 27.2 Å². The lowest BCUT2D eigenvalue weighted by Crippen LogP contribution is -2.48. The summed E-state index contributed by atoms with van der Waals surface area (Å²) in [6.45, 7) is 11.5. The Labute approximate surface area is 188 Å². The van der Waals surface area contributed by atoms with Crippen LogP contribution in [0.2, 0.25) is 0 Å². The first-order chi connectivity index (χ1) is 15.0. The SMILES string of the molecule is CCCO[C@]1(C(=O)Nc2ccc(OCCCN3CCC[C@H](C)C3)cc2)CCC[C@H](C)C1. The molecule has 0 bridgehead atoms. The maximum Gasteiger partial charge on any atom is 0.256 e. The summed E-state index contributed by atoms with van der Waals surface area (Å²) >= 11 is 0. The summed E-state index contributed by atoms with van der Waals surface area (Å²) in [5.41, 5.74) is 0.117. The first-order valence-corrected chi connectivity index (χ1v) is 12.4. The second-order valence-corrected chi connectivity index (χ2v) is 9.77. The van der Waals surface area contributed by atoms with Crippen LogP contribution >= 0.6 is 0 Å². The molecular weight excluding hydrogens is 388 g/mol. The van der Waals surface area contributed by atoms with Crippen LogP contribution in [-0.2, 0) is 9.53 Å². The van der Waals surface area contributed by atoms with Gasteiger partial charge in [0, 0.05) is 25.4 Å². The largest absolute Gasteiger partial charge is 0.494 e. The van der Waals surface area contributed by atoms with E-state index in [2.05, 4.69) is 31.0 Å².